The zero-order valence-corrected chi connectivity index (χ0v) is 12.9. The molecule has 1 unspecified atom stereocenters. The van der Waals surface area contributed by atoms with Crippen LogP contribution in [0.4, 0.5) is 0 Å². The van der Waals surface area contributed by atoms with Gasteiger partial charge in [-0.05, 0) is 44.3 Å². The summed E-state index contributed by atoms with van der Waals surface area (Å²) in [6.45, 7) is 3.56. The van der Waals surface area contributed by atoms with E-state index in [2.05, 4.69) is 34.9 Å². The van der Waals surface area contributed by atoms with Crippen LogP contribution < -0.4 is 10.6 Å². The first-order chi connectivity index (χ1) is 10.3. The van der Waals surface area contributed by atoms with Crippen LogP contribution in [0, 0.1) is 5.41 Å². The Morgan fingerprint density at radius 1 is 1.38 bits per heavy atom. The SMILES string of the molecule is COC(=O)C1(CCCNCc2ccccc2)CCCNC1. The average Bonchev–Trinajstić information content (AvgIpc) is 2.55. The van der Waals surface area contributed by atoms with Gasteiger partial charge in [-0.25, -0.2) is 0 Å². The maximum absolute atomic E-state index is 12.1. The molecule has 2 rings (SSSR count). The third-order valence-corrected chi connectivity index (χ3v) is 4.27. The van der Waals surface area contributed by atoms with Crippen LogP contribution in [0.2, 0.25) is 0 Å². The van der Waals surface area contributed by atoms with E-state index in [1.165, 1.54) is 12.7 Å². The molecule has 0 spiro atoms. The maximum Gasteiger partial charge on any atom is 0.313 e. The van der Waals surface area contributed by atoms with Crippen molar-refractivity contribution in [2.45, 2.75) is 32.2 Å². The summed E-state index contributed by atoms with van der Waals surface area (Å²) in [5.74, 6) is -0.0576. The molecule has 21 heavy (non-hydrogen) atoms. The molecule has 1 aliphatic rings. The maximum atomic E-state index is 12.1. The first kappa shape index (κ1) is 16.0. The molecule has 4 heteroatoms. The molecule has 0 radical (unpaired) electrons. The van der Waals surface area contributed by atoms with Gasteiger partial charge in [0.05, 0.1) is 12.5 Å². The van der Waals surface area contributed by atoms with E-state index in [1.807, 2.05) is 6.07 Å². The van der Waals surface area contributed by atoms with Gasteiger partial charge in [-0.1, -0.05) is 30.3 Å². The summed E-state index contributed by atoms with van der Waals surface area (Å²) in [6, 6.07) is 10.4. The van der Waals surface area contributed by atoms with Crippen LogP contribution in [0.3, 0.4) is 0 Å². The number of piperidine rings is 1. The van der Waals surface area contributed by atoms with Crippen LogP contribution in [0.15, 0.2) is 30.3 Å². The first-order valence-electron chi connectivity index (χ1n) is 7.81. The van der Waals surface area contributed by atoms with Gasteiger partial charge >= 0.3 is 5.97 Å². The molecule has 4 nitrogen and oxygen atoms in total. The van der Waals surface area contributed by atoms with Gasteiger partial charge in [-0.3, -0.25) is 4.79 Å². The highest BCUT2D eigenvalue weighted by molar-refractivity contribution is 5.77. The molecule has 0 aromatic heterocycles. The lowest BCUT2D eigenvalue weighted by Gasteiger charge is -2.35. The molecule has 1 aromatic carbocycles. The molecule has 1 fully saturated rings. The molecule has 0 amide bonds. The fourth-order valence-electron chi connectivity index (χ4n) is 3.05. The van der Waals surface area contributed by atoms with Crippen molar-refractivity contribution in [2.75, 3.05) is 26.7 Å². The Bertz CT molecular complexity index is 428. The minimum Gasteiger partial charge on any atom is -0.469 e. The molecule has 1 atom stereocenters. The molecule has 1 heterocycles. The molecule has 116 valence electrons. The van der Waals surface area contributed by atoms with Crippen molar-refractivity contribution >= 4 is 5.97 Å². The Balaban J connectivity index is 1.73. The highest BCUT2D eigenvalue weighted by atomic mass is 16.5. The highest BCUT2D eigenvalue weighted by Crippen LogP contribution is 2.32. The van der Waals surface area contributed by atoms with E-state index in [0.717, 1.165) is 51.9 Å². The third kappa shape index (κ3) is 4.55. The van der Waals surface area contributed by atoms with Crippen molar-refractivity contribution in [3.8, 4) is 0 Å². The van der Waals surface area contributed by atoms with Gasteiger partial charge in [0.15, 0.2) is 0 Å². The molecule has 0 bridgehead atoms. The number of benzene rings is 1. The predicted octanol–water partition coefficient (Wildman–Crippen LogP) is 2.10. The van der Waals surface area contributed by atoms with Crippen molar-refractivity contribution < 1.29 is 9.53 Å². The van der Waals surface area contributed by atoms with Crippen LogP contribution in [0.1, 0.15) is 31.2 Å². The number of rotatable bonds is 7. The van der Waals surface area contributed by atoms with Gasteiger partial charge in [0.25, 0.3) is 0 Å². The van der Waals surface area contributed by atoms with Gasteiger partial charge in [-0.2, -0.15) is 0 Å². The highest BCUT2D eigenvalue weighted by Gasteiger charge is 2.39. The fourth-order valence-corrected chi connectivity index (χ4v) is 3.05. The van der Waals surface area contributed by atoms with Gasteiger partial charge in [0.2, 0.25) is 0 Å². The minimum atomic E-state index is -0.318. The molecule has 1 aromatic rings. The number of hydrogen-bond acceptors (Lipinski definition) is 4. The van der Waals surface area contributed by atoms with E-state index in [0.29, 0.717) is 0 Å². The zero-order chi connectivity index (χ0) is 15.0. The van der Waals surface area contributed by atoms with E-state index in [9.17, 15) is 4.79 Å². The lowest BCUT2D eigenvalue weighted by atomic mass is 9.77. The van der Waals surface area contributed by atoms with E-state index in [-0.39, 0.29) is 11.4 Å². The summed E-state index contributed by atoms with van der Waals surface area (Å²) < 4.78 is 5.02. The number of ether oxygens (including phenoxy) is 1. The van der Waals surface area contributed by atoms with E-state index in [1.54, 1.807) is 0 Å². The largest absolute Gasteiger partial charge is 0.469 e. The van der Waals surface area contributed by atoms with Gasteiger partial charge in [-0.15, -0.1) is 0 Å². The van der Waals surface area contributed by atoms with E-state index in [4.69, 9.17) is 4.74 Å². The number of carbonyl (C=O) groups excluding carboxylic acids is 1. The Hall–Kier alpha value is -1.39. The zero-order valence-electron chi connectivity index (χ0n) is 12.9. The Kier molecular flexibility index (Phi) is 6.21. The van der Waals surface area contributed by atoms with Crippen LogP contribution in [-0.4, -0.2) is 32.7 Å². The summed E-state index contributed by atoms with van der Waals surface area (Å²) in [4.78, 5) is 12.1. The first-order valence-corrected chi connectivity index (χ1v) is 7.81. The molecule has 1 saturated heterocycles. The number of nitrogens with one attached hydrogen (secondary N) is 2. The number of methoxy groups -OCH3 is 1. The minimum absolute atomic E-state index is 0.0576. The summed E-state index contributed by atoms with van der Waals surface area (Å²) in [6.07, 6.45) is 3.86. The molecule has 0 aliphatic carbocycles. The second kappa shape index (κ2) is 8.15. The Morgan fingerprint density at radius 3 is 2.86 bits per heavy atom. The predicted molar refractivity (Wildman–Crippen MR) is 83.9 cm³/mol. The van der Waals surface area contributed by atoms with Crippen LogP contribution in [-0.2, 0) is 16.1 Å². The number of hydrogen-bond donors (Lipinski definition) is 2. The standard InChI is InChI=1S/C17H26N2O2/c1-21-16(20)17(10-6-12-19-14-17)9-5-11-18-13-15-7-3-2-4-8-15/h2-4,7-8,18-19H,5-6,9-14H2,1H3. The van der Waals surface area contributed by atoms with Crippen LogP contribution >= 0.6 is 0 Å². The van der Waals surface area contributed by atoms with Gasteiger partial charge < -0.3 is 15.4 Å². The van der Waals surface area contributed by atoms with E-state index < -0.39 is 0 Å². The van der Waals surface area contributed by atoms with Crippen molar-refractivity contribution in [3.63, 3.8) is 0 Å². The van der Waals surface area contributed by atoms with Crippen molar-refractivity contribution in [1.29, 1.82) is 0 Å². The van der Waals surface area contributed by atoms with Crippen LogP contribution in [0.25, 0.3) is 0 Å². The average molecular weight is 290 g/mol. The summed E-state index contributed by atoms with van der Waals surface area (Å²) in [7, 11) is 1.49. The van der Waals surface area contributed by atoms with Crippen molar-refractivity contribution in [2.24, 2.45) is 5.41 Å². The van der Waals surface area contributed by atoms with E-state index >= 15 is 0 Å². The topological polar surface area (TPSA) is 50.4 Å². The quantitative estimate of drug-likeness (QED) is 0.596. The fraction of sp³-hybridized carbons (Fsp3) is 0.588. The van der Waals surface area contributed by atoms with Gasteiger partial charge in [0.1, 0.15) is 0 Å². The molecular weight excluding hydrogens is 264 g/mol. The lowest BCUT2D eigenvalue weighted by Crippen LogP contribution is -2.46. The van der Waals surface area contributed by atoms with Crippen molar-refractivity contribution in [3.05, 3.63) is 35.9 Å². The van der Waals surface area contributed by atoms with Crippen molar-refractivity contribution in [1.82, 2.24) is 10.6 Å². The lowest BCUT2D eigenvalue weighted by molar-refractivity contribution is -0.154. The molecular formula is C17H26N2O2. The summed E-state index contributed by atoms with van der Waals surface area (Å²) in [5.41, 5.74) is 0.973. The summed E-state index contributed by atoms with van der Waals surface area (Å²) in [5, 5.41) is 6.78. The second-order valence-corrected chi connectivity index (χ2v) is 5.82. The normalized spacial score (nSPS) is 22.0. The monoisotopic (exact) mass is 290 g/mol. The smallest absolute Gasteiger partial charge is 0.313 e. The molecule has 1 aliphatic heterocycles. The number of carbonyl (C=O) groups is 1. The Labute approximate surface area is 127 Å². The third-order valence-electron chi connectivity index (χ3n) is 4.27. The second-order valence-electron chi connectivity index (χ2n) is 5.82. The number of esters is 1. The Morgan fingerprint density at radius 2 is 2.19 bits per heavy atom. The van der Waals surface area contributed by atoms with Crippen LogP contribution in [0.5, 0.6) is 0 Å². The van der Waals surface area contributed by atoms with Gasteiger partial charge in [0, 0.05) is 13.1 Å². The molecule has 2 N–H and O–H groups in total. The summed E-state index contributed by atoms with van der Waals surface area (Å²) >= 11 is 0. The molecule has 0 saturated carbocycles.